The van der Waals surface area contributed by atoms with Crippen LogP contribution in [0.4, 0.5) is 0 Å². The normalized spacial score (nSPS) is 21.4. The van der Waals surface area contributed by atoms with E-state index in [4.69, 9.17) is 4.74 Å². The molecule has 2 rings (SSSR count). The maximum atomic E-state index is 5.53. The molecule has 3 heteroatoms. The first-order valence-electron chi connectivity index (χ1n) is 8.23. The van der Waals surface area contributed by atoms with Crippen LogP contribution < -0.4 is 5.32 Å². The van der Waals surface area contributed by atoms with Crippen LogP contribution in [-0.4, -0.2) is 43.8 Å². The Morgan fingerprint density at radius 1 is 1.29 bits per heavy atom. The van der Waals surface area contributed by atoms with E-state index in [1.54, 1.807) is 0 Å². The van der Waals surface area contributed by atoms with Crippen LogP contribution in [0.15, 0.2) is 18.2 Å². The van der Waals surface area contributed by atoms with Crippen LogP contribution in [0.1, 0.15) is 43.0 Å². The zero-order valence-corrected chi connectivity index (χ0v) is 14.0. The lowest BCUT2D eigenvalue weighted by molar-refractivity contribution is -0.00180. The molecule has 2 unspecified atom stereocenters. The van der Waals surface area contributed by atoms with Gasteiger partial charge in [-0.05, 0) is 39.3 Å². The fraction of sp³-hybridized carbons (Fsp3) is 0.667. The SMILES string of the molecule is CCNC(CCN1CCOCC1C)c1cc(C)cc(C)c1. The van der Waals surface area contributed by atoms with Gasteiger partial charge in [0.05, 0.1) is 13.2 Å². The Balaban J connectivity index is 2.01. The molecule has 1 aliphatic rings. The van der Waals surface area contributed by atoms with Gasteiger partial charge in [-0.15, -0.1) is 0 Å². The lowest BCUT2D eigenvalue weighted by atomic mass is 9.98. The van der Waals surface area contributed by atoms with Gasteiger partial charge in [-0.2, -0.15) is 0 Å². The van der Waals surface area contributed by atoms with E-state index in [9.17, 15) is 0 Å². The second kappa shape index (κ2) is 7.92. The van der Waals surface area contributed by atoms with Crippen LogP contribution in [0.2, 0.25) is 0 Å². The van der Waals surface area contributed by atoms with Crippen molar-refractivity contribution in [2.45, 2.75) is 46.2 Å². The highest BCUT2D eigenvalue weighted by atomic mass is 16.5. The van der Waals surface area contributed by atoms with Crippen molar-refractivity contribution in [3.8, 4) is 0 Å². The third-order valence-electron chi connectivity index (χ3n) is 4.31. The summed E-state index contributed by atoms with van der Waals surface area (Å²) in [5.41, 5.74) is 4.13. The molecule has 0 saturated carbocycles. The van der Waals surface area contributed by atoms with Gasteiger partial charge in [-0.25, -0.2) is 0 Å². The van der Waals surface area contributed by atoms with Gasteiger partial charge in [-0.3, -0.25) is 4.90 Å². The molecule has 21 heavy (non-hydrogen) atoms. The standard InChI is InChI=1S/C18H30N2O/c1-5-19-18(17-11-14(2)10-15(3)12-17)6-7-20-8-9-21-13-16(20)4/h10-12,16,18-19H,5-9,13H2,1-4H3. The van der Waals surface area contributed by atoms with Gasteiger partial charge in [0.2, 0.25) is 0 Å². The predicted octanol–water partition coefficient (Wildman–Crippen LogP) is 3.06. The molecule has 0 aliphatic carbocycles. The molecule has 1 heterocycles. The van der Waals surface area contributed by atoms with Crippen LogP contribution in [0, 0.1) is 13.8 Å². The van der Waals surface area contributed by atoms with Crippen molar-refractivity contribution in [1.82, 2.24) is 10.2 Å². The summed E-state index contributed by atoms with van der Waals surface area (Å²) in [4.78, 5) is 2.55. The second-order valence-corrected chi connectivity index (χ2v) is 6.28. The van der Waals surface area contributed by atoms with Crippen LogP contribution in [0.25, 0.3) is 0 Å². The Labute approximate surface area is 129 Å². The van der Waals surface area contributed by atoms with Crippen molar-refractivity contribution in [1.29, 1.82) is 0 Å². The molecule has 3 nitrogen and oxygen atoms in total. The topological polar surface area (TPSA) is 24.5 Å². The molecule has 2 atom stereocenters. The molecule has 0 spiro atoms. The minimum absolute atomic E-state index is 0.448. The summed E-state index contributed by atoms with van der Waals surface area (Å²) in [6.07, 6.45) is 1.15. The number of nitrogens with one attached hydrogen (secondary N) is 1. The van der Waals surface area contributed by atoms with Crippen LogP contribution in [0.3, 0.4) is 0 Å². The van der Waals surface area contributed by atoms with E-state index in [0.717, 1.165) is 39.3 Å². The maximum Gasteiger partial charge on any atom is 0.0619 e. The van der Waals surface area contributed by atoms with Gasteiger partial charge < -0.3 is 10.1 Å². The Kier molecular flexibility index (Phi) is 6.22. The number of benzene rings is 1. The largest absolute Gasteiger partial charge is 0.379 e. The average Bonchev–Trinajstić information content (AvgIpc) is 2.44. The Bertz CT molecular complexity index is 427. The van der Waals surface area contributed by atoms with E-state index in [2.05, 4.69) is 56.1 Å². The van der Waals surface area contributed by atoms with E-state index in [0.29, 0.717) is 12.1 Å². The third kappa shape index (κ3) is 4.80. The van der Waals surface area contributed by atoms with Gasteiger partial charge in [0, 0.05) is 25.2 Å². The minimum Gasteiger partial charge on any atom is -0.379 e. The first-order chi connectivity index (χ1) is 10.1. The van der Waals surface area contributed by atoms with Gasteiger partial charge >= 0.3 is 0 Å². The first kappa shape index (κ1) is 16.5. The van der Waals surface area contributed by atoms with E-state index < -0.39 is 0 Å². The summed E-state index contributed by atoms with van der Waals surface area (Å²) >= 11 is 0. The number of hydrogen-bond donors (Lipinski definition) is 1. The molecule has 1 aliphatic heterocycles. The molecule has 1 N–H and O–H groups in total. The van der Waals surface area contributed by atoms with Gasteiger partial charge in [0.1, 0.15) is 0 Å². The summed E-state index contributed by atoms with van der Waals surface area (Å²) in [5, 5.41) is 3.65. The van der Waals surface area contributed by atoms with E-state index in [1.807, 2.05) is 0 Å². The van der Waals surface area contributed by atoms with Gasteiger partial charge in [0.15, 0.2) is 0 Å². The molecule has 1 aromatic carbocycles. The molecule has 1 saturated heterocycles. The zero-order chi connectivity index (χ0) is 15.2. The van der Waals surface area contributed by atoms with Crippen molar-refractivity contribution < 1.29 is 4.74 Å². The van der Waals surface area contributed by atoms with Crippen molar-refractivity contribution >= 4 is 0 Å². The predicted molar refractivity (Wildman–Crippen MR) is 88.8 cm³/mol. The Hall–Kier alpha value is -0.900. The summed E-state index contributed by atoms with van der Waals surface area (Å²) < 4.78 is 5.53. The van der Waals surface area contributed by atoms with E-state index in [1.165, 1.54) is 16.7 Å². The Morgan fingerprint density at radius 3 is 2.62 bits per heavy atom. The Morgan fingerprint density at radius 2 is 2.00 bits per heavy atom. The number of hydrogen-bond acceptors (Lipinski definition) is 3. The lowest BCUT2D eigenvalue weighted by Crippen LogP contribution is -2.44. The summed E-state index contributed by atoms with van der Waals surface area (Å²) in [6.45, 7) is 13.8. The van der Waals surface area contributed by atoms with Gasteiger partial charge in [0.25, 0.3) is 0 Å². The molecular formula is C18H30N2O. The van der Waals surface area contributed by atoms with Crippen LogP contribution >= 0.6 is 0 Å². The summed E-state index contributed by atoms with van der Waals surface area (Å²) in [7, 11) is 0. The fourth-order valence-electron chi connectivity index (χ4n) is 3.23. The fourth-order valence-corrected chi connectivity index (χ4v) is 3.23. The molecule has 1 fully saturated rings. The smallest absolute Gasteiger partial charge is 0.0619 e. The molecule has 0 radical (unpaired) electrons. The van der Waals surface area contributed by atoms with Crippen LogP contribution in [0.5, 0.6) is 0 Å². The highest BCUT2D eigenvalue weighted by molar-refractivity contribution is 5.30. The number of aryl methyl sites for hydroxylation is 2. The van der Waals surface area contributed by atoms with Gasteiger partial charge in [-0.1, -0.05) is 36.2 Å². The highest BCUT2D eigenvalue weighted by Gasteiger charge is 2.20. The zero-order valence-electron chi connectivity index (χ0n) is 14.0. The second-order valence-electron chi connectivity index (χ2n) is 6.28. The summed E-state index contributed by atoms with van der Waals surface area (Å²) in [6, 6.07) is 7.88. The maximum absolute atomic E-state index is 5.53. The van der Waals surface area contributed by atoms with Crippen molar-refractivity contribution in [3.05, 3.63) is 34.9 Å². The molecule has 0 aromatic heterocycles. The molecule has 0 amide bonds. The van der Waals surface area contributed by atoms with Crippen molar-refractivity contribution in [2.24, 2.45) is 0 Å². The number of nitrogens with zero attached hydrogens (tertiary/aromatic N) is 1. The quantitative estimate of drug-likeness (QED) is 0.871. The average molecular weight is 290 g/mol. The molecular weight excluding hydrogens is 260 g/mol. The minimum atomic E-state index is 0.448. The number of rotatable bonds is 6. The highest BCUT2D eigenvalue weighted by Crippen LogP contribution is 2.21. The molecule has 118 valence electrons. The number of morpholine rings is 1. The van der Waals surface area contributed by atoms with Crippen LogP contribution in [-0.2, 0) is 4.74 Å². The molecule has 1 aromatic rings. The van der Waals surface area contributed by atoms with E-state index >= 15 is 0 Å². The van der Waals surface area contributed by atoms with Crippen molar-refractivity contribution in [2.75, 3.05) is 32.8 Å². The third-order valence-corrected chi connectivity index (χ3v) is 4.31. The lowest BCUT2D eigenvalue weighted by Gasteiger charge is -2.34. The number of ether oxygens (including phenoxy) is 1. The van der Waals surface area contributed by atoms with Crippen molar-refractivity contribution in [3.63, 3.8) is 0 Å². The van der Waals surface area contributed by atoms with E-state index in [-0.39, 0.29) is 0 Å². The molecule has 0 bridgehead atoms. The first-order valence-corrected chi connectivity index (χ1v) is 8.23. The summed E-state index contributed by atoms with van der Waals surface area (Å²) in [5.74, 6) is 0. The monoisotopic (exact) mass is 290 g/mol.